The smallest absolute Gasteiger partial charge is 0.545 e. The molecule has 0 bridgehead atoms. The largest absolute Gasteiger partial charge is 3.00 e. The van der Waals surface area contributed by atoms with Crippen molar-refractivity contribution in [1.82, 2.24) is 0 Å². The minimum Gasteiger partial charge on any atom is -0.545 e. The van der Waals surface area contributed by atoms with E-state index in [1.54, 1.807) is 6.92 Å². The first-order valence-corrected chi connectivity index (χ1v) is 18.4. The average Bonchev–Trinajstić information content (AvgIpc) is 3.55. The van der Waals surface area contributed by atoms with E-state index in [0.29, 0.717) is 0 Å². The molecule has 56 heavy (non-hydrogen) atoms. The van der Waals surface area contributed by atoms with Crippen LogP contribution in [0.4, 0.5) is 0 Å². The fourth-order valence-corrected chi connectivity index (χ4v) is 7.33. The summed E-state index contributed by atoms with van der Waals surface area (Å²) < 4.78 is 0. The van der Waals surface area contributed by atoms with Gasteiger partial charge in [-0.2, -0.15) is 0 Å². The van der Waals surface area contributed by atoms with E-state index in [0.717, 1.165) is 117 Å². The van der Waals surface area contributed by atoms with E-state index < -0.39 is 5.41 Å². The fourth-order valence-electron chi connectivity index (χ4n) is 7.33. The van der Waals surface area contributed by atoms with Gasteiger partial charge in [0.2, 0.25) is 0 Å². The first-order chi connectivity index (χ1) is 23.3. The second-order valence-corrected chi connectivity index (χ2v) is 15.2. The van der Waals surface area contributed by atoms with Gasteiger partial charge in [0.05, 0.1) is 19.8 Å². The van der Waals surface area contributed by atoms with Gasteiger partial charge < -0.3 is 67.6 Å². The van der Waals surface area contributed by atoms with Gasteiger partial charge in [-0.1, -0.05) is 111 Å². The molecule has 3 aliphatic rings. The number of carbonyl (C=O) groups excluding carboxylic acids is 2. The summed E-state index contributed by atoms with van der Waals surface area (Å²) >= 11 is 0. The predicted octanol–water partition coefficient (Wildman–Crippen LogP) is 7.74. The Labute approximate surface area is 396 Å². The Balaban J connectivity index is -0.0000000355. The van der Waals surface area contributed by atoms with Crippen LogP contribution in [-0.4, -0.2) is 97.6 Å². The Kier molecular flexibility index (Phi) is 92.8. The Hall–Kier alpha value is 1.20. The number of rotatable bonds is 3. The molecule has 3 rings (SSSR count). The van der Waals surface area contributed by atoms with Crippen molar-refractivity contribution in [1.29, 1.82) is 0 Å². The molecule has 0 amide bonds. The normalized spacial score (nSPS) is 32.0. The van der Waals surface area contributed by atoms with Gasteiger partial charge in [0, 0.05) is 77.3 Å². The van der Waals surface area contributed by atoms with E-state index in [2.05, 4.69) is 117 Å². The van der Waals surface area contributed by atoms with E-state index in [1.807, 2.05) is 0 Å². The Morgan fingerprint density at radius 1 is 0.321 bits per heavy atom. The molecule has 7 N–H and O–H groups in total. The molecule has 9 nitrogen and oxygen atoms in total. The van der Waals surface area contributed by atoms with Gasteiger partial charge in [-0.05, 0) is 88.8 Å². The molecule has 0 aromatic heterocycles. The van der Waals surface area contributed by atoms with Crippen LogP contribution in [0.5, 0.6) is 0 Å². The summed E-state index contributed by atoms with van der Waals surface area (Å²) in [6, 6.07) is 0. The van der Waals surface area contributed by atoms with Gasteiger partial charge in [-0.15, -0.1) is 0 Å². The van der Waals surface area contributed by atoms with Crippen molar-refractivity contribution in [2.75, 3.05) is 48.3 Å². The molecular formula is C44H99O9Ti3-2. The molecule has 0 saturated heterocycles. The molecule has 3 saturated carbocycles. The number of hydrogen-bond acceptors (Lipinski definition) is 9. The van der Waals surface area contributed by atoms with Crippen LogP contribution >= 0.6 is 0 Å². The number of hydrogen-bond donors (Lipinski definition) is 7. The van der Waals surface area contributed by atoms with Gasteiger partial charge in [0.25, 0.3) is 0 Å². The molecule has 3 aliphatic carbocycles. The average molecular weight is 916 g/mol. The molecule has 0 atom stereocenters. The van der Waals surface area contributed by atoms with E-state index in [9.17, 15) is 0 Å². The zero-order valence-corrected chi connectivity index (χ0v) is 45.6. The molecule has 343 valence electrons. The Morgan fingerprint density at radius 3 is 0.393 bits per heavy atom. The molecule has 1 radical (unpaired) electrons. The quantitative estimate of drug-likeness (QED) is 0.0849. The van der Waals surface area contributed by atoms with Crippen LogP contribution in [0.3, 0.4) is 0 Å². The summed E-state index contributed by atoms with van der Waals surface area (Å²) in [4.78, 5) is 15.5. The molecule has 3 fully saturated rings. The maximum atomic E-state index is 8.47. The number of aliphatic hydroxyl groups excluding tert-OH is 7. The second-order valence-electron chi connectivity index (χ2n) is 15.2. The molecule has 0 heterocycles. The third-order valence-electron chi connectivity index (χ3n) is 13.6. The summed E-state index contributed by atoms with van der Waals surface area (Å²) in [7, 11) is 4.00. The van der Waals surface area contributed by atoms with Crippen molar-refractivity contribution in [3.8, 4) is 0 Å². The third-order valence-corrected chi connectivity index (χ3v) is 13.6. The SMILES string of the molecule is CC(CO)(CO)CO.CC1C(C)C(C)C(C)C1C.CC1C(C)C(C)C(C)C1C.CC1C(C)C(C)C(C)C1C.CO.CO.CO.CO.[CH-]=O.[CH-]=O.[CH3-].[CH3-].[CH3-].[Ti+3].[Ti].[Ti]. The van der Waals surface area contributed by atoms with Crippen LogP contribution in [0.15, 0.2) is 0 Å². The summed E-state index contributed by atoms with van der Waals surface area (Å²) in [5.74, 6) is 14.0. The summed E-state index contributed by atoms with van der Waals surface area (Å²) in [6.07, 6.45) is 0. The van der Waals surface area contributed by atoms with E-state index >= 15 is 0 Å². The minimum atomic E-state index is -0.708. The summed E-state index contributed by atoms with van der Waals surface area (Å²) in [5, 5.41) is 53.4. The topological polar surface area (TPSA) is 176 Å². The summed E-state index contributed by atoms with van der Waals surface area (Å²) in [6.45, 7) is 43.5. The number of aliphatic hydroxyl groups is 7. The van der Waals surface area contributed by atoms with Crippen LogP contribution in [0.25, 0.3) is 0 Å². The second kappa shape index (κ2) is 56.2. The molecule has 0 aliphatic heterocycles. The van der Waals surface area contributed by atoms with Gasteiger partial charge in [0.15, 0.2) is 0 Å². The summed E-state index contributed by atoms with van der Waals surface area (Å²) in [5.41, 5.74) is -0.708. The van der Waals surface area contributed by atoms with E-state index in [-0.39, 0.29) is 107 Å². The first kappa shape index (κ1) is 92.5. The van der Waals surface area contributed by atoms with Crippen LogP contribution < -0.4 is 0 Å². The minimum absolute atomic E-state index is 0. The molecule has 0 aromatic rings. The van der Waals surface area contributed by atoms with Crippen LogP contribution in [-0.2, 0) is 74.7 Å². The van der Waals surface area contributed by atoms with E-state index in [4.69, 9.17) is 45.3 Å². The van der Waals surface area contributed by atoms with Crippen LogP contribution in [0.2, 0.25) is 0 Å². The molecule has 0 unspecified atom stereocenters. The molecular weight excluding hydrogens is 816 g/mol. The van der Waals surface area contributed by atoms with Gasteiger partial charge in [-0.25, -0.2) is 0 Å². The molecule has 0 spiro atoms. The van der Waals surface area contributed by atoms with Crippen LogP contribution in [0, 0.1) is 116 Å². The maximum Gasteiger partial charge on any atom is 3.00 e. The van der Waals surface area contributed by atoms with Gasteiger partial charge in [0.1, 0.15) is 0 Å². The van der Waals surface area contributed by atoms with E-state index in [1.165, 1.54) is 0 Å². The maximum absolute atomic E-state index is 8.47. The predicted molar refractivity (Wildman–Crippen MR) is 232 cm³/mol. The zero-order chi connectivity index (χ0) is 42.3. The van der Waals surface area contributed by atoms with Crippen molar-refractivity contribution >= 4 is 13.6 Å². The Morgan fingerprint density at radius 2 is 0.375 bits per heavy atom. The van der Waals surface area contributed by atoms with Crippen molar-refractivity contribution in [3.63, 3.8) is 0 Å². The van der Waals surface area contributed by atoms with Crippen molar-refractivity contribution in [2.45, 2.75) is 111 Å². The van der Waals surface area contributed by atoms with Crippen molar-refractivity contribution in [3.05, 3.63) is 22.3 Å². The van der Waals surface area contributed by atoms with Crippen LogP contribution in [0.1, 0.15) is 111 Å². The fraction of sp³-hybridized carbons (Fsp3) is 0.886. The third kappa shape index (κ3) is 32.9. The monoisotopic (exact) mass is 916 g/mol. The first-order valence-electron chi connectivity index (χ1n) is 18.4. The van der Waals surface area contributed by atoms with Crippen molar-refractivity contribution in [2.24, 2.45) is 94.2 Å². The molecule has 12 heteroatoms. The van der Waals surface area contributed by atoms with Gasteiger partial charge >= 0.3 is 21.7 Å². The van der Waals surface area contributed by atoms with Crippen molar-refractivity contribution < 1.29 is 110 Å². The van der Waals surface area contributed by atoms with Gasteiger partial charge in [-0.3, -0.25) is 13.6 Å². The zero-order valence-electron chi connectivity index (χ0n) is 40.9. The Bertz CT molecular complexity index is 480. The standard InChI is InChI=1S/3C10H20.C5H12O3.4CH4O.2CHO.3CH3.3Ti/c3*1-6-7(2)9(4)10(5)8(6)3;1-5(2-6,3-7)4-8;6*1-2;;;;;;/h3*6-10H,1-5H3;6-8H,2-4H2,1H3;4*2H,1H3;2*1H;3*1H3;;;/q;;;;;;;;5*-1;;;+3. The molecule has 0 aromatic carbocycles.